The van der Waals surface area contributed by atoms with Crippen LogP contribution in [-0.4, -0.2) is 52.4 Å². The van der Waals surface area contributed by atoms with Crippen LogP contribution in [0.2, 0.25) is 0 Å². The molecule has 11 heteroatoms. The van der Waals surface area contributed by atoms with Crippen molar-refractivity contribution in [3.05, 3.63) is 72.3 Å². The number of amides is 1. The summed E-state index contributed by atoms with van der Waals surface area (Å²) in [4.78, 5) is 17.6. The number of aromatic nitrogens is 1. The lowest BCUT2D eigenvalue weighted by Gasteiger charge is -2.26. The lowest BCUT2D eigenvalue weighted by Crippen LogP contribution is -2.41. The van der Waals surface area contributed by atoms with Crippen LogP contribution in [0.3, 0.4) is 0 Å². The van der Waals surface area contributed by atoms with Gasteiger partial charge in [0.2, 0.25) is 5.91 Å². The number of ether oxygens (including phenoxy) is 2. The van der Waals surface area contributed by atoms with E-state index in [0.717, 1.165) is 24.4 Å². The van der Waals surface area contributed by atoms with Crippen LogP contribution in [0.5, 0.6) is 11.5 Å². The molecule has 0 radical (unpaired) electrons. The maximum atomic E-state index is 13.7. The van der Waals surface area contributed by atoms with Gasteiger partial charge in [0.15, 0.2) is 4.34 Å². The van der Waals surface area contributed by atoms with Gasteiger partial charge in [-0.05, 0) is 43.3 Å². The molecule has 0 fully saturated rings. The van der Waals surface area contributed by atoms with Crippen LogP contribution < -0.4 is 19.1 Å². The van der Waals surface area contributed by atoms with Crippen molar-refractivity contribution in [2.75, 3.05) is 37.4 Å². The number of nitrogens with zero attached hydrogens (tertiary/aromatic N) is 2. The zero-order valence-corrected chi connectivity index (χ0v) is 23.1. The second-order valence-corrected chi connectivity index (χ2v) is 12.2. The van der Waals surface area contributed by atoms with Gasteiger partial charge in [0.25, 0.3) is 10.0 Å². The Labute approximate surface area is 224 Å². The number of anilines is 1. The van der Waals surface area contributed by atoms with Crippen molar-refractivity contribution in [3.63, 3.8) is 0 Å². The van der Waals surface area contributed by atoms with E-state index >= 15 is 0 Å². The van der Waals surface area contributed by atoms with Gasteiger partial charge in [-0.15, -0.1) is 11.3 Å². The molecule has 0 bridgehead atoms. The van der Waals surface area contributed by atoms with Crippen molar-refractivity contribution in [1.82, 2.24) is 10.3 Å². The van der Waals surface area contributed by atoms with Crippen LogP contribution >= 0.6 is 23.1 Å². The predicted molar refractivity (Wildman–Crippen MR) is 149 cm³/mol. The summed E-state index contributed by atoms with van der Waals surface area (Å²) in [6, 6.07) is 19.2. The Kier molecular flexibility index (Phi) is 8.57. The molecular weight excluding hydrogens is 531 g/mol. The highest BCUT2D eigenvalue weighted by atomic mass is 32.2. The van der Waals surface area contributed by atoms with Crippen molar-refractivity contribution < 1.29 is 22.7 Å². The van der Waals surface area contributed by atoms with Crippen molar-refractivity contribution in [1.29, 1.82) is 0 Å². The number of thiazole rings is 1. The second-order valence-electron chi connectivity index (χ2n) is 8.01. The van der Waals surface area contributed by atoms with E-state index in [4.69, 9.17) is 9.47 Å². The zero-order valence-electron chi connectivity index (χ0n) is 20.6. The highest BCUT2D eigenvalue weighted by Gasteiger charge is 2.29. The molecule has 1 aromatic heterocycles. The number of hydrogen-bond donors (Lipinski definition) is 1. The van der Waals surface area contributed by atoms with Gasteiger partial charge in [0.05, 0.1) is 35.0 Å². The number of rotatable bonds is 11. The molecule has 194 valence electrons. The molecule has 0 atom stereocenters. The van der Waals surface area contributed by atoms with Gasteiger partial charge in [-0.1, -0.05) is 41.6 Å². The molecule has 4 rings (SSSR count). The quantitative estimate of drug-likeness (QED) is 0.210. The summed E-state index contributed by atoms with van der Waals surface area (Å²) in [6.07, 6.45) is 0. The van der Waals surface area contributed by atoms with Crippen molar-refractivity contribution in [2.45, 2.75) is 16.2 Å². The smallest absolute Gasteiger partial charge is 0.264 e. The van der Waals surface area contributed by atoms with Gasteiger partial charge in [0, 0.05) is 18.4 Å². The van der Waals surface area contributed by atoms with E-state index in [9.17, 15) is 13.2 Å². The Morgan fingerprint density at radius 1 is 1.05 bits per heavy atom. The summed E-state index contributed by atoms with van der Waals surface area (Å²) in [5.41, 5.74) is 2.11. The van der Waals surface area contributed by atoms with Crippen LogP contribution in [0.15, 0.2) is 76.0 Å². The number of aryl methyl sites for hydroxylation is 1. The average Bonchev–Trinajstić information content (AvgIpc) is 3.32. The van der Waals surface area contributed by atoms with E-state index < -0.39 is 22.5 Å². The molecule has 1 heterocycles. The van der Waals surface area contributed by atoms with E-state index in [1.54, 1.807) is 53.4 Å². The first-order valence-corrected chi connectivity index (χ1v) is 14.6. The monoisotopic (exact) mass is 557 g/mol. The molecule has 0 unspecified atom stereocenters. The van der Waals surface area contributed by atoms with E-state index in [2.05, 4.69) is 10.3 Å². The van der Waals surface area contributed by atoms with Gasteiger partial charge in [-0.2, -0.15) is 0 Å². The Bertz CT molecular complexity index is 1450. The lowest BCUT2D eigenvalue weighted by atomic mass is 10.2. The first-order valence-electron chi connectivity index (χ1n) is 11.4. The van der Waals surface area contributed by atoms with Gasteiger partial charge in [-0.3, -0.25) is 9.10 Å². The number of fused-ring (bicyclic) bond motifs is 1. The summed E-state index contributed by atoms with van der Waals surface area (Å²) in [5.74, 6) is 0.944. The van der Waals surface area contributed by atoms with E-state index in [0.29, 0.717) is 18.0 Å². The summed E-state index contributed by atoms with van der Waals surface area (Å²) in [5, 5.41) is 2.83. The maximum absolute atomic E-state index is 13.7. The van der Waals surface area contributed by atoms with E-state index in [1.807, 2.05) is 31.2 Å². The summed E-state index contributed by atoms with van der Waals surface area (Å²) < 4.78 is 41.1. The molecule has 4 aromatic rings. The number of carbonyl (C=O) groups is 1. The van der Waals surface area contributed by atoms with Crippen LogP contribution in [-0.2, 0) is 14.8 Å². The van der Waals surface area contributed by atoms with E-state index in [1.165, 1.54) is 26.4 Å². The predicted octanol–water partition coefficient (Wildman–Crippen LogP) is 4.73. The van der Waals surface area contributed by atoms with Gasteiger partial charge >= 0.3 is 0 Å². The fourth-order valence-electron chi connectivity index (χ4n) is 3.56. The molecule has 1 amide bonds. The van der Waals surface area contributed by atoms with E-state index in [-0.39, 0.29) is 16.3 Å². The lowest BCUT2D eigenvalue weighted by molar-refractivity contribution is -0.119. The first-order chi connectivity index (χ1) is 17.8. The molecule has 0 aliphatic carbocycles. The number of nitrogens with one attached hydrogen (secondary N) is 1. The van der Waals surface area contributed by atoms with Crippen LogP contribution in [0.4, 0.5) is 5.69 Å². The van der Waals surface area contributed by atoms with Crippen LogP contribution in [0.25, 0.3) is 10.2 Å². The summed E-state index contributed by atoms with van der Waals surface area (Å²) in [7, 11) is -1.12. The Hall–Kier alpha value is -3.28. The minimum atomic E-state index is -4.07. The number of benzene rings is 3. The molecule has 0 aliphatic heterocycles. The highest BCUT2D eigenvalue weighted by Crippen LogP contribution is 2.35. The molecule has 0 spiro atoms. The van der Waals surface area contributed by atoms with Gasteiger partial charge in [0.1, 0.15) is 18.0 Å². The average molecular weight is 558 g/mol. The number of hydrogen-bond acceptors (Lipinski definition) is 8. The van der Waals surface area contributed by atoms with Crippen molar-refractivity contribution in [2.24, 2.45) is 0 Å². The standard InChI is InChI=1S/C26H27N3O5S3/c1-18-8-11-20(12-9-18)37(31,32)29(22-13-10-19(33-2)16-23(22)34-3)17-25(30)27-14-15-35-26-28-21-6-4-5-7-24(21)36-26/h4-13,16H,14-15,17H2,1-3H3,(H,27,30). The van der Waals surface area contributed by atoms with Crippen LogP contribution in [0.1, 0.15) is 5.56 Å². The molecule has 3 aromatic carbocycles. The van der Waals surface area contributed by atoms with Crippen molar-refractivity contribution in [3.8, 4) is 11.5 Å². The highest BCUT2D eigenvalue weighted by molar-refractivity contribution is 8.01. The first kappa shape index (κ1) is 26.8. The fraction of sp³-hybridized carbons (Fsp3) is 0.231. The molecule has 0 saturated carbocycles. The third-order valence-corrected chi connectivity index (χ3v) is 9.43. The third kappa shape index (κ3) is 6.35. The molecule has 1 N–H and O–H groups in total. The Morgan fingerprint density at radius 3 is 2.51 bits per heavy atom. The number of sulfonamides is 1. The van der Waals surface area contributed by atoms with Gasteiger partial charge in [-0.25, -0.2) is 13.4 Å². The molecule has 37 heavy (non-hydrogen) atoms. The van der Waals surface area contributed by atoms with Crippen molar-refractivity contribution >= 4 is 54.9 Å². The minimum absolute atomic E-state index is 0.0789. The normalized spacial score (nSPS) is 11.3. The SMILES string of the molecule is COc1ccc(N(CC(=O)NCCSc2nc3ccccc3s2)S(=O)(=O)c2ccc(C)cc2)c(OC)c1. The molecular formula is C26H27N3O5S3. The molecule has 0 aliphatic rings. The van der Waals surface area contributed by atoms with Crippen LogP contribution in [0, 0.1) is 6.92 Å². The third-order valence-electron chi connectivity index (χ3n) is 5.48. The number of carbonyl (C=O) groups excluding carboxylic acids is 1. The maximum Gasteiger partial charge on any atom is 0.264 e. The second kappa shape index (κ2) is 11.8. The van der Waals surface area contributed by atoms with Gasteiger partial charge < -0.3 is 14.8 Å². The summed E-state index contributed by atoms with van der Waals surface area (Å²) in [6.45, 7) is 1.82. The zero-order chi connectivity index (χ0) is 26.4. The fourth-order valence-corrected chi connectivity index (χ4v) is 6.98. The topological polar surface area (TPSA) is 97.8 Å². The Balaban J connectivity index is 1.50. The number of thioether (sulfide) groups is 1. The summed E-state index contributed by atoms with van der Waals surface area (Å²) >= 11 is 3.14. The number of para-hydroxylation sites is 1. The Morgan fingerprint density at radius 2 is 1.81 bits per heavy atom. The molecule has 8 nitrogen and oxygen atoms in total. The number of methoxy groups -OCH3 is 2. The largest absolute Gasteiger partial charge is 0.497 e. The molecule has 0 saturated heterocycles. The minimum Gasteiger partial charge on any atom is -0.497 e.